The highest BCUT2D eigenvalue weighted by molar-refractivity contribution is 5.93. The topological polar surface area (TPSA) is 77.2 Å². The Morgan fingerprint density at radius 1 is 1.19 bits per heavy atom. The lowest BCUT2D eigenvalue weighted by Gasteiger charge is -2.26. The van der Waals surface area contributed by atoms with Crippen molar-refractivity contribution in [2.45, 2.75) is 31.7 Å². The number of nitrogens with one attached hydrogen (secondary N) is 1. The van der Waals surface area contributed by atoms with Crippen molar-refractivity contribution in [3.8, 4) is 17.0 Å². The van der Waals surface area contributed by atoms with E-state index in [4.69, 9.17) is 10.5 Å². The Labute approximate surface area is 153 Å². The van der Waals surface area contributed by atoms with Crippen LogP contribution in [-0.4, -0.2) is 23.5 Å². The molecule has 2 aromatic rings. The average Bonchev–Trinajstić information content (AvgIpc) is 3.37. The van der Waals surface area contributed by atoms with Crippen molar-refractivity contribution in [3.05, 3.63) is 42.0 Å². The van der Waals surface area contributed by atoms with Gasteiger partial charge in [-0.25, -0.2) is 4.98 Å². The average molecular weight is 349 g/mol. The zero-order valence-corrected chi connectivity index (χ0v) is 14.7. The molecule has 5 nitrogen and oxygen atoms in total. The predicted octanol–water partition coefficient (Wildman–Crippen LogP) is 3.00. The van der Waals surface area contributed by atoms with Gasteiger partial charge in [0.15, 0.2) is 0 Å². The van der Waals surface area contributed by atoms with E-state index in [1.807, 2.05) is 30.3 Å². The summed E-state index contributed by atoms with van der Waals surface area (Å²) in [7, 11) is 0. The molecule has 0 spiro atoms. The number of hydrogen-bond donors (Lipinski definition) is 2. The fourth-order valence-corrected chi connectivity index (χ4v) is 4.95. The molecule has 3 N–H and O–H groups in total. The molecule has 5 heteroatoms. The van der Waals surface area contributed by atoms with Crippen LogP contribution in [0.4, 0.5) is 5.82 Å². The van der Waals surface area contributed by atoms with Gasteiger partial charge in [-0.1, -0.05) is 6.07 Å². The number of nitrogens with zero attached hydrogens (tertiary/aromatic N) is 1. The fraction of sp³-hybridized carbons (Fsp3) is 0.429. The van der Waals surface area contributed by atoms with Gasteiger partial charge in [-0.15, -0.1) is 0 Å². The molecule has 1 amide bonds. The minimum absolute atomic E-state index is 0.00589. The van der Waals surface area contributed by atoms with Gasteiger partial charge in [-0.05, 0) is 67.0 Å². The van der Waals surface area contributed by atoms with Gasteiger partial charge in [0, 0.05) is 18.0 Å². The number of hydrogen-bond acceptors (Lipinski definition) is 4. The molecule has 2 heterocycles. The van der Waals surface area contributed by atoms with Gasteiger partial charge in [-0.3, -0.25) is 4.79 Å². The molecule has 2 aliphatic carbocycles. The van der Waals surface area contributed by atoms with Gasteiger partial charge in [0.2, 0.25) is 5.91 Å². The second kappa shape index (κ2) is 6.09. The van der Waals surface area contributed by atoms with Crippen molar-refractivity contribution in [1.82, 2.24) is 4.98 Å². The number of nitrogens with two attached hydrogens (primary N) is 1. The fourth-order valence-electron chi connectivity index (χ4n) is 4.95. The monoisotopic (exact) mass is 349 g/mol. The molecule has 3 aliphatic rings. The molecule has 5 rings (SSSR count). The molecule has 1 aliphatic heterocycles. The highest BCUT2D eigenvalue weighted by atomic mass is 16.5. The Hall–Kier alpha value is -2.40. The smallest absolute Gasteiger partial charge is 0.230 e. The summed E-state index contributed by atoms with van der Waals surface area (Å²) in [5, 5.41) is 3.01. The normalized spacial score (nSPS) is 28.7. The van der Waals surface area contributed by atoms with Crippen molar-refractivity contribution >= 4 is 11.7 Å². The number of amides is 1. The SMILES string of the molecule is NC1C2CCC(C2)C1C(=O)Nc1cccc(-c2ccc3c(c2)CCO3)n1. The molecule has 134 valence electrons. The van der Waals surface area contributed by atoms with Crippen LogP contribution in [0, 0.1) is 17.8 Å². The molecule has 4 unspecified atom stereocenters. The van der Waals surface area contributed by atoms with Crippen LogP contribution in [0.5, 0.6) is 5.75 Å². The van der Waals surface area contributed by atoms with Crippen LogP contribution in [0.3, 0.4) is 0 Å². The summed E-state index contributed by atoms with van der Waals surface area (Å²) >= 11 is 0. The molecule has 4 atom stereocenters. The van der Waals surface area contributed by atoms with Crippen molar-refractivity contribution in [2.24, 2.45) is 23.5 Å². The summed E-state index contributed by atoms with van der Waals surface area (Å²) < 4.78 is 5.57. The van der Waals surface area contributed by atoms with Gasteiger partial charge in [0.05, 0.1) is 18.2 Å². The molecular formula is C21H23N3O2. The third kappa shape index (κ3) is 2.58. The van der Waals surface area contributed by atoms with Crippen LogP contribution < -0.4 is 15.8 Å². The van der Waals surface area contributed by atoms with Crippen LogP contribution >= 0.6 is 0 Å². The van der Waals surface area contributed by atoms with Crippen molar-refractivity contribution < 1.29 is 9.53 Å². The standard InChI is InChI=1S/C21H23N3O2/c22-20-15-5-4-14(11-15)19(20)21(25)24-18-3-1-2-16(23-18)12-6-7-17-13(10-12)8-9-26-17/h1-3,6-7,10,14-15,19-20H,4-5,8-9,11,22H2,(H,23,24,25). The highest BCUT2D eigenvalue weighted by Crippen LogP contribution is 2.47. The summed E-state index contributed by atoms with van der Waals surface area (Å²) in [6.45, 7) is 0.742. The van der Waals surface area contributed by atoms with Gasteiger partial charge < -0.3 is 15.8 Å². The molecule has 1 aromatic heterocycles. The summed E-state index contributed by atoms with van der Waals surface area (Å²) in [6.07, 6.45) is 4.33. The molecule has 0 saturated heterocycles. The van der Waals surface area contributed by atoms with E-state index in [1.54, 1.807) is 0 Å². The van der Waals surface area contributed by atoms with Crippen molar-refractivity contribution in [1.29, 1.82) is 0 Å². The molecule has 2 fully saturated rings. The maximum atomic E-state index is 12.8. The number of ether oxygens (including phenoxy) is 1. The van der Waals surface area contributed by atoms with E-state index in [9.17, 15) is 4.79 Å². The van der Waals surface area contributed by atoms with Crippen molar-refractivity contribution in [3.63, 3.8) is 0 Å². The quantitative estimate of drug-likeness (QED) is 0.893. The van der Waals surface area contributed by atoms with E-state index in [0.29, 0.717) is 17.7 Å². The zero-order valence-electron chi connectivity index (χ0n) is 14.7. The number of rotatable bonds is 3. The second-order valence-electron chi connectivity index (χ2n) is 7.75. The Kier molecular flexibility index (Phi) is 3.71. The Bertz CT molecular complexity index is 864. The third-order valence-electron chi connectivity index (χ3n) is 6.27. The summed E-state index contributed by atoms with van der Waals surface area (Å²) in [5.74, 6) is 2.47. The molecular weight excluding hydrogens is 326 g/mol. The third-order valence-corrected chi connectivity index (χ3v) is 6.27. The van der Waals surface area contributed by atoms with Crippen LogP contribution in [0.1, 0.15) is 24.8 Å². The van der Waals surface area contributed by atoms with Crippen LogP contribution in [0.2, 0.25) is 0 Å². The Morgan fingerprint density at radius 2 is 2.08 bits per heavy atom. The van der Waals surface area contributed by atoms with E-state index in [1.165, 1.54) is 12.0 Å². The first-order valence-corrected chi connectivity index (χ1v) is 9.48. The van der Waals surface area contributed by atoms with E-state index in [0.717, 1.165) is 42.9 Å². The Morgan fingerprint density at radius 3 is 2.92 bits per heavy atom. The maximum Gasteiger partial charge on any atom is 0.230 e. The number of fused-ring (bicyclic) bond motifs is 3. The van der Waals surface area contributed by atoms with Crippen LogP contribution in [0.15, 0.2) is 36.4 Å². The summed E-state index contributed by atoms with van der Waals surface area (Å²) in [4.78, 5) is 17.4. The first-order chi connectivity index (χ1) is 12.7. The molecule has 0 radical (unpaired) electrons. The van der Waals surface area contributed by atoms with Gasteiger partial charge in [-0.2, -0.15) is 0 Å². The lowest BCUT2D eigenvalue weighted by atomic mass is 9.84. The summed E-state index contributed by atoms with van der Waals surface area (Å²) in [5.41, 5.74) is 9.41. The van der Waals surface area contributed by atoms with Gasteiger partial charge in [0.1, 0.15) is 11.6 Å². The second-order valence-corrected chi connectivity index (χ2v) is 7.75. The molecule has 26 heavy (non-hydrogen) atoms. The largest absolute Gasteiger partial charge is 0.493 e. The molecule has 1 aromatic carbocycles. The molecule has 2 bridgehead atoms. The van der Waals surface area contributed by atoms with Crippen LogP contribution in [0.25, 0.3) is 11.3 Å². The lowest BCUT2D eigenvalue weighted by molar-refractivity contribution is -0.121. The Balaban J connectivity index is 1.36. The van der Waals surface area contributed by atoms with E-state index >= 15 is 0 Å². The summed E-state index contributed by atoms with van der Waals surface area (Å²) in [6, 6.07) is 11.9. The number of carbonyl (C=O) groups is 1. The van der Waals surface area contributed by atoms with E-state index in [2.05, 4.69) is 16.4 Å². The van der Waals surface area contributed by atoms with E-state index < -0.39 is 0 Å². The molecule has 2 saturated carbocycles. The predicted molar refractivity (Wildman–Crippen MR) is 99.8 cm³/mol. The number of aromatic nitrogens is 1. The number of carbonyl (C=O) groups excluding carboxylic acids is 1. The minimum atomic E-state index is -0.0728. The number of anilines is 1. The number of benzene rings is 1. The van der Waals surface area contributed by atoms with E-state index in [-0.39, 0.29) is 17.9 Å². The van der Waals surface area contributed by atoms with Gasteiger partial charge >= 0.3 is 0 Å². The van der Waals surface area contributed by atoms with Crippen LogP contribution in [-0.2, 0) is 11.2 Å². The number of pyridine rings is 1. The first kappa shape index (κ1) is 15.8. The maximum absolute atomic E-state index is 12.8. The van der Waals surface area contributed by atoms with Crippen molar-refractivity contribution in [2.75, 3.05) is 11.9 Å². The highest BCUT2D eigenvalue weighted by Gasteiger charge is 2.49. The minimum Gasteiger partial charge on any atom is -0.493 e. The lowest BCUT2D eigenvalue weighted by Crippen LogP contribution is -2.42. The zero-order chi connectivity index (χ0) is 17.7. The van der Waals surface area contributed by atoms with Gasteiger partial charge in [0.25, 0.3) is 0 Å². The first-order valence-electron chi connectivity index (χ1n) is 9.48.